The molecule has 0 aliphatic heterocycles. The zero-order chi connectivity index (χ0) is 61.6. The number of carbonyl (C=O) groups is 2. The Morgan fingerprint density at radius 2 is 0.647 bits per heavy atom. The Labute approximate surface area is 521 Å². The number of unbranched alkanes of at least 4 members (excludes halogenated alkanes) is 23. The molecule has 0 aliphatic carbocycles. The summed E-state index contributed by atoms with van der Waals surface area (Å²) in [5, 5.41) is 0. The second-order valence-corrected chi connectivity index (χ2v) is 23.4. The highest BCUT2D eigenvalue weighted by atomic mass is 31.2. The first-order valence-electron chi connectivity index (χ1n) is 34.0. The quantitative estimate of drug-likeness (QED) is 0.0264. The molecule has 0 fully saturated rings. The van der Waals surface area contributed by atoms with Crippen molar-refractivity contribution in [3.63, 3.8) is 0 Å². The van der Waals surface area contributed by atoms with Crippen molar-refractivity contribution in [1.29, 1.82) is 0 Å². The van der Waals surface area contributed by atoms with E-state index in [0.29, 0.717) is 6.42 Å². The summed E-state index contributed by atoms with van der Waals surface area (Å²) in [6.45, 7) is 3.60. The molecular weight excluding hydrogens is 1070 g/mol. The molecule has 0 heterocycles. The molecule has 9 nitrogen and oxygen atoms in total. The fourth-order valence-corrected chi connectivity index (χ4v) is 9.67. The summed E-state index contributed by atoms with van der Waals surface area (Å²) in [5.74, 6) is -0.856. The predicted octanol–water partition coefficient (Wildman–Crippen LogP) is 22.4. The Hall–Kier alpha value is -4.37. The Morgan fingerprint density at radius 3 is 0.965 bits per heavy atom. The van der Waals surface area contributed by atoms with E-state index in [1.807, 2.05) is 0 Å². The topological polar surface area (TPSA) is 134 Å². The highest BCUT2D eigenvalue weighted by molar-refractivity contribution is 7.47. The van der Waals surface area contributed by atoms with E-state index in [1.54, 1.807) is 0 Å². The molecule has 482 valence electrons. The minimum atomic E-state index is -4.41. The molecule has 3 N–H and O–H groups in total. The maximum absolute atomic E-state index is 12.7. The summed E-state index contributed by atoms with van der Waals surface area (Å²) in [6, 6.07) is 0. The number of hydrogen-bond donors (Lipinski definition) is 2. The number of carbonyl (C=O) groups excluding carboxylic acids is 2. The predicted molar refractivity (Wildman–Crippen MR) is 366 cm³/mol. The van der Waals surface area contributed by atoms with Crippen LogP contribution in [0.1, 0.15) is 271 Å². The molecule has 0 saturated carbocycles. The van der Waals surface area contributed by atoms with Crippen LogP contribution in [0.5, 0.6) is 0 Å². The minimum Gasteiger partial charge on any atom is -0.462 e. The Kier molecular flexibility index (Phi) is 65.2. The molecule has 0 amide bonds. The molecule has 2 atom stereocenters. The molecule has 0 saturated heterocycles. The largest absolute Gasteiger partial charge is 0.472 e. The molecule has 10 heteroatoms. The van der Waals surface area contributed by atoms with E-state index >= 15 is 0 Å². The monoisotopic (exact) mass is 1200 g/mol. The van der Waals surface area contributed by atoms with E-state index in [2.05, 4.69) is 172 Å². The molecule has 0 aromatic rings. The third-order valence-corrected chi connectivity index (χ3v) is 14.9. The van der Waals surface area contributed by atoms with Gasteiger partial charge in [-0.25, -0.2) is 4.57 Å². The fraction of sp³-hybridized carbons (Fsp3) is 0.627. The zero-order valence-electron chi connectivity index (χ0n) is 54.0. The van der Waals surface area contributed by atoms with Gasteiger partial charge < -0.3 is 20.1 Å². The number of ether oxygens (including phenoxy) is 2. The number of phosphoric ester groups is 1. The Balaban J connectivity index is 4.02. The molecule has 0 rings (SSSR count). The minimum absolute atomic E-state index is 0.0423. The van der Waals surface area contributed by atoms with E-state index in [4.69, 9.17) is 24.3 Å². The highest BCUT2D eigenvalue weighted by Gasteiger charge is 2.26. The first-order valence-corrected chi connectivity index (χ1v) is 35.5. The first-order chi connectivity index (χ1) is 41.8. The van der Waals surface area contributed by atoms with Gasteiger partial charge in [-0.1, -0.05) is 287 Å². The van der Waals surface area contributed by atoms with E-state index in [0.717, 1.165) is 128 Å². The van der Waals surface area contributed by atoms with Gasteiger partial charge in [0.05, 0.1) is 13.2 Å². The van der Waals surface area contributed by atoms with Gasteiger partial charge in [0, 0.05) is 19.4 Å². The lowest BCUT2D eigenvalue weighted by Gasteiger charge is -2.19. The molecular formula is C75H124NO8P. The maximum Gasteiger partial charge on any atom is 0.472 e. The Morgan fingerprint density at radius 1 is 0.365 bits per heavy atom. The number of phosphoric acid groups is 1. The third kappa shape index (κ3) is 68.6. The van der Waals surface area contributed by atoms with Crippen molar-refractivity contribution < 1.29 is 37.6 Å². The van der Waals surface area contributed by atoms with Crippen molar-refractivity contribution in [2.45, 2.75) is 277 Å². The summed E-state index contributed by atoms with van der Waals surface area (Å²) in [4.78, 5) is 35.3. The summed E-state index contributed by atoms with van der Waals surface area (Å²) in [6.07, 6.45) is 100. The number of esters is 2. The summed E-state index contributed by atoms with van der Waals surface area (Å²) >= 11 is 0. The molecule has 0 bridgehead atoms. The lowest BCUT2D eigenvalue weighted by atomic mass is 10.0. The molecule has 0 aliphatic rings. The van der Waals surface area contributed by atoms with Gasteiger partial charge in [0.2, 0.25) is 0 Å². The molecule has 0 radical (unpaired) electrons. The second-order valence-electron chi connectivity index (χ2n) is 22.0. The van der Waals surface area contributed by atoms with Crippen LogP contribution in [0.15, 0.2) is 158 Å². The van der Waals surface area contributed by atoms with Gasteiger partial charge in [0.1, 0.15) is 6.61 Å². The van der Waals surface area contributed by atoms with Gasteiger partial charge in [-0.3, -0.25) is 18.6 Å². The van der Waals surface area contributed by atoms with Crippen LogP contribution in [0.4, 0.5) is 0 Å². The maximum atomic E-state index is 12.7. The van der Waals surface area contributed by atoms with Gasteiger partial charge in [0.15, 0.2) is 6.10 Å². The molecule has 0 aromatic heterocycles. The average molecular weight is 1200 g/mol. The van der Waals surface area contributed by atoms with E-state index in [9.17, 15) is 19.0 Å². The van der Waals surface area contributed by atoms with Crippen LogP contribution < -0.4 is 5.73 Å². The summed E-state index contributed by atoms with van der Waals surface area (Å²) in [5.41, 5.74) is 5.39. The SMILES string of the molecule is CC/C=C\C/C=C\C/C=C\C/C=C\C/C=C\C/C=C\C/C=C\C/C=C\C/C=C\C/C=C\C/C=C\CCCCCCCC(=O)OC(COC(=O)CCCCCCCCCCCCCCC/C=C\C/C=C\CCCCCCC)COP(=O)(O)OCCN. The van der Waals surface area contributed by atoms with E-state index < -0.39 is 32.5 Å². The van der Waals surface area contributed by atoms with Crippen molar-refractivity contribution in [2.75, 3.05) is 26.4 Å². The standard InChI is InChI=1S/C75H124NO8P/c1-3-5-7-9-11-13-15-17-19-21-23-25-27-29-30-31-32-33-34-35-36-37-38-39-40-41-42-44-46-48-50-52-54-56-58-60-62-64-66-68-75(78)84-73(72-83-85(79,80)82-70-69-76)71-81-74(77)67-65-63-61-59-57-55-53-51-49-47-45-43-28-26-24-22-20-18-16-14-12-10-8-6-4-2/h5,7,11,13,16-19,22-25,29-30,32-33,35-36,38-39,41-42,46,48,52,54,73H,3-4,6,8-10,12,14-15,20-21,26-28,31,34,37,40,43-45,47,49-51,53,55-72,76H2,1-2H3,(H,79,80)/b7-5-,13-11-,18-16-,19-17-,24-22-,25-23-,30-29-,33-32-,36-35-,39-38-,42-41-,48-46-,54-52-. The first kappa shape index (κ1) is 80.6. The number of hydrogen-bond acceptors (Lipinski definition) is 8. The Bertz CT molecular complexity index is 1950. The normalized spacial score (nSPS) is 14.0. The number of allylic oxidation sites excluding steroid dienone is 26. The smallest absolute Gasteiger partial charge is 0.462 e. The van der Waals surface area contributed by atoms with Gasteiger partial charge in [-0.2, -0.15) is 0 Å². The van der Waals surface area contributed by atoms with E-state index in [-0.39, 0.29) is 32.6 Å². The van der Waals surface area contributed by atoms with Crippen molar-refractivity contribution in [1.82, 2.24) is 0 Å². The number of nitrogens with two attached hydrogens (primary N) is 1. The fourth-order valence-electron chi connectivity index (χ4n) is 8.91. The van der Waals surface area contributed by atoms with Crippen molar-refractivity contribution >= 4 is 19.8 Å². The van der Waals surface area contributed by atoms with Crippen LogP contribution in [-0.2, 0) is 32.7 Å². The zero-order valence-corrected chi connectivity index (χ0v) is 54.9. The van der Waals surface area contributed by atoms with Crippen LogP contribution in [0.25, 0.3) is 0 Å². The molecule has 85 heavy (non-hydrogen) atoms. The molecule has 2 unspecified atom stereocenters. The van der Waals surface area contributed by atoms with Crippen molar-refractivity contribution in [3.8, 4) is 0 Å². The van der Waals surface area contributed by atoms with Crippen molar-refractivity contribution in [2.24, 2.45) is 5.73 Å². The van der Waals surface area contributed by atoms with Gasteiger partial charge >= 0.3 is 19.8 Å². The lowest BCUT2D eigenvalue weighted by molar-refractivity contribution is -0.161. The van der Waals surface area contributed by atoms with Crippen molar-refractivity contribution in [3.05, 3.63) is 158 Å². The highest BCUT2D eigenvalue weighted by Crippen LogP contribution is 2.43. The average Bonchev–Trinajstić information content (AvgIpc) is 3.53. The number of rotatable bonds is 62. The third-order valence-electron chi connectivity index (χ3n) is 13.9. The van der Waals surface area contributed by atoms with Gasteiger partial charge in [0.25, 0.3) is 0 Å². The van der Waals surface area contributed by atoms with E-state index in [1.165, 1.54) is 109 Å². The van der Waals surface area contributed by atoms with Crippen LogP contribution in [0.3, 0.4) is 0 Å². The van der Waals surface area contributed by atoms with Crippen LogP contribution in [-0.4, -0.2) is 49.3 Å². The summed E-state index contributed by atoms with van der Waals surface area (Å²) < 4.78 is 33.1. The molecule has 0 aromatic carbocycles. The lowest BCUT2D eigenvalue weighted by Crippen LogP contribution is -2.29. The molecule has 0 spiro atoms. The van der Waals surface area contributed by atoms with Crippen LogP contribution in [0, 0.1) is 0 Å². The van der Waals surface area contributed by atoms with Crippen LogP contribution in [0.2, 0.25) is 0 Å². The second kappa shape index (κ2) is 68.7. The summed E-state index contributed by atoms with van der Waals surface area (Å²) in [7, 11) is -4.41. The van der Waals surface area contributed by atoms with Gasteiger partial charge in [-0.15, -0.1) is 0 Å². The van der Waals surface area contributed by atoms with Crippen LogP contribution >= 0.6 is 7.82 Å². The van der Waals surface area contributed by atoms with Gasteiger partial charge in [-0.05, 0) is 128 Å².